The molecule has 0 atom stereocenters. The summed E-state index contributed by atoms with van der Waals surface area (Å²) in [6.45, 7) is 0. The molecule has 7 nitrogen and oxygen atoms in total. The van der Waals surface area contributed by atoms with Crippen LogP contribution in [0.3, 0.4) is 0 Å². The fourth-order valence-electron chi connectivity index (χ4n) is 6.55. The molecule has 5 saturated carbocycles. The Hall–Kier alpha value is -1.18. The van der Waals surface area contributed by atoms with Crippen LogP contribution in [0.4, 0.5) is 0 Å². The number of rotatable bonds is 2. The Kier molecular flexibility index (Phi) is 3.85. The maximum absolute atomic E-state index is 11.8. The molecule has 6 aliphatic rings. The molecule has 0 aromatic heterocycles. The second-order valence-corrected chi connectivity index (χ2v) is 9.28. The Morgan fingerprint density at radius 1 is 0.962 bits per heavy atom. The summed E-state index contributed by atoms with van der Waals surface area (Å²) >= 11 is 0. The standard InChI is InChI=1S/C19H29N3O4/c20-17(21)22-16(23)10-11-1-3-18(4-2-11)24-19(26-25-18)14-6-12-5-13(8-14)9-15(19)7-12/h11-15H,1-10H2,(H4,20,21,22,23). The Bertz CT molecular complexity index is 594. The predicted octanol–water partition coefficient (Wildman–Crippen LogP) is 2.19. The van der Waals surface area contributed by atoms with E-state index >= 15 is 0 Å². The summed E-state index contributed by atoms with van der Waals surface area (Å²) in [4.78, 5) is 27.4. The number of hydrogen-bond donors (Lipinski definition) is 2. The minimum Gasteiger partial charge on any atom is -0.370 e. The third-order valence-corrected chi connectivity index (χ3v) is 7.53. The average molecular weight is 363 g/mol. The normalized spacial score (nSPS) is 49.0. The van der Waals surface area contributed by atoms with Crippen molar-refractivity contribution in [3.05, 3.63) is 0 Å². The summed E-state index contributed by atoms with van der Waals surface area (Å²) in [5, 5.41) is 0. The molecule has 1 amide bonds. The number of carbonyl (C=O) groups excluding carboxylic acids is 1. The zero-order valence-electron chi connectivity index (χ0n) is 15.2. The number of nitrogens with zero attached hydrogens (tertiary/aromatic N) is 1. The number of ether oxygens (including phenoxy) is 1. The van der Waals surface area contributed by atoms with Gasteiger partial charge in [0.15, 0.2) is 5.96 Å². The summed E-state index contributed by atoms with van der Waals surface area (Å²) in [5.41, 5.74) is 10.6. The van der Waals surface area contributed by atoms with Crippen molar-refractivity contribution in [1.29, 1.82) is 0 Å². The third-order valence-electron chi connectivity index (χ3n) is 7.53. The Morgan fingerprint density at radius 3 is 2.15 bits per heavy atom. The van der Waals surface area contributed by atoms with Gasteiger partial charge in [-0.05, 0) is 62.7 Å². The van der Waals surface area contributed by atoms with Crippen LogP contribution in [0.5, 0.6) is 0 Å². The van der Waals surface area contributed by atoms with E-state index in [2.05, 4.69) is 4.99 Å². The Labute approximate surface area is 153 Å². The van der Waals surface area contributed by atoms with Gasteiger partial charge in [0.2, 0.25) is 17.5 Å². The Balaban J connectivity index is 1.23. The van der Waals surface area contributed by atoms with Crippen LogP contribution in [0.1, 0.15) is 64.2 Å². The van der Waals surface area contributed by atoms with Gasteiger partial charge in [-0.3, -0.25) is 4.79 Å². The molecule has 7 heteroatoms. The molecule has 0 aromatic rings. The highest BCUT2D eigenvalue weighted by molar-refractivity contribution is 5.91. The van der Waals surface area contributed by atoms with Gasteiger partial charge in [-0.1, -0.05) is 0 Å². The maximum atomic E-state index is 11.8. The number of nitrogens with two attached hydrogens (primary N) is 2. The second-order valence-electron chi connectivity index (χ2n) is 9.28. The zero-order valence-corrected chi connectivity index (χ0v) is 15.2. The van der Waals surface area contributed by atoms with Crippen molar-refractivity contribution in [2.45, 2.75) is 75.8 Å². The first-order valence-corrected chi connectivity index (χ1v) is 10.2. The lowest BCUT2D eigenvalue weighted by molar-refractivity contribution is -0.390. The van der Waals surface area contributed by atoms with Crippen molar-refractivity contribution in [1.82, 2.24) is 0 Å². The van der Waals surface area contributed by atoms with Gasteiger partial charge in [0.05, 0.1) is 0 Å². The monoisotopic (exact) mass is 363 g/mol. The largest absolute Gasteiger partial charge is 0.370 e. The molecule has 1 heterocycles. The van der Waals surface area contributed by atoms with E-state index in [1.165, 1.54) is 32.1 Å². The van der Waals surface area contributed by atoms with Crippen LogP contribution in [0.2, 0.25) is 0 Å². The van der Waals surface area contributed by atoms with E-state index in [0.717, 1.165) is 37.5 Å². The predicted molar refractivity (Wildman–Crippen MR) is 93.2 cm³/mol. The molecule has 0 radical (unpaired) electrons. The zero-order chi connectivity index (χ0) is 17.9. The highest BCUT2D eigenvalue weighted by atomic mass is 17.3. The molecule has 2 spiro atoms. The molecule has 6 rings (SSSR count). The van der Waals surface area contributed by atoms with Gasteiger partial charge in [0.25, 0.3) is 0 Å². The van der Waals surface area contributed by atoms with Gasteiger partial charge < -0.3 is 16.2 Å². The topological polar surface area (TPSA) is 109 Å². The summed E-state index contributed by atoms with van der Waals surface area (Å²) in [6, 6.07) is 0. The number of hydrogen-bond acceptors (Lipinski definition) is 4. The molecular formula is C19H29N3O4. The number of carbonyl (C=O) groups is 1. The van der Waals surface area contributed by atoms with Gasteiger partial charge in [-0.2, -0.15) is 14.8 Å². The Morgan fingerprint density at radius 2 is 1.58 bits per heavy atom. The fourth-order valence-corrected chi connectivity index (χ4v) is 6.55. The molecule has 0 aromatic carbocycles. The van der Waals surface area contributed by atoms with Crippen LogP contribution in [0.25, 0.3) is 0 Å². The second kappa shape index (κ2) is 5.91. The molecule has 1 aliphatic heterocycles. The summed E-state index contributed by atoms with van der Waals surface area (Å²) < 4.78 is 6.68. The highest BCUT2D eigenvalue weighted by Gasteiger charge is 2.66. The van der Waals surface area contributed by atoms with Gasteiger partial charge in [-0.25, -0.2) is 0 Å². The van der Waals surface area contributed by atoms with Crippen LogP contribution in [-0.4, -0.2) is 23.4 Å². The van der Waals surface area contributed by atoms with Crippen molar-refractivity contribution < 1.29 is 19.3 Å². The summed E-state index contributed by atoms with van der Waals surface area (Å²) in [5.74, 6) is 1.44. The van der Waals surface area contributed by atoms with E-state index in [9.17, 15) is 4.79 Å². The first kappa shape index (κ1) is 17.0. The highest BCUT2D eigenvalue weighted by Crippen LogP contribution is 2.63. The molecule has 144 valence electrons. The van der Waals surface area contributed by atoms with Crippen LogP contribution >= 0.6 is 0 Å². The lowest BCUT2D eigenvalue weighted by Crippen LogP contribution is -2.59. The van der Waals surface area contributed by atoms with Crippen LogP contribution in [-0.2, 0) is 19.3 Å². The first-order chi connectivity index (χ1) is 12.5. The van der Waals surface area contributed by atoms with E-state index in [0.29, 0.717) is 18.3 Å². The molecule has 1 saturated heterocycles. The molecule has 4 bridgehead atoms. The van der Waals surface area contributed by atoms with Crippen molar-refractivity contribution in [2.75, 3.05) is 0 Å². The fraction of sp³-hybridized carbons (Fsp3) is 0.895. The smallest absolute Gasteiger partial charge is 0.249 e. The van der Waals surface area contributed by atoms with E-state index < -0.39 is 11.6 Å². The molecular weight excluding hydrogens is 334 g/mol. The van der Waals surface area contributed by atoms with Crippen molar-refractivity contribution >= 4 is 11.9 Å². The molecule has 6 fully saturated rings. The molecule has 0 unspecified atom stereocenters. The van der Waals surface area contributed by atoms with Crippen LogP contribution < -0.4 is 11.5 Å². The SMILES string of the molecule is NC(N)=NC(=O)CC1CCC2(CC1)OOC1(O2)C2CC3CC(C2)CC1C3. The van der Waals surface area contributed by atoms with Gasteiger partial charge in [-0.15, -0.1) is 0 Å². The van der Waals surface area contributed by atoms with E-state index in [4.69, 9.17) is 26.0 Å². The minimum atomic E-state index is -0.620. The number of aliphatic imine (C=N–C) groups is 1. The van der Waals surface area contributed by atoms with E-state index in [1.54, 1.807) is 0 Å². The maximum Gasteiger partial charge on any atom is 0.249 e. The number of amides is 1. The summed E-state index contributed by atoms with van der Waals surface area (Å²) in [7, 11) is 0. The van der Waals surface area contributed by atoms with E-state index in [1.807, 2.05) is 0 Å². The average Bonchev–Trinajstić information content (AvgIpc) is 2.94. The first-order valence-electron chi connectivity index (χ1n) is 10.2. The third kappa shape index (κ3) is 2.67. The van der Waals surface area contributed by atoms with Crippen molar-refractivity contribution in [2.24, 2.45) is 46.0 Å². The minimum absolute atomic E-state index is 0.165. The van der Waals surface area contributed by atoms with Crippen LogP contribution in [0.15, 0.2) is 4.99 Å². The van der Waals surface area contributed by atoms with Gasteiger partial charge >= 0.3 is 0 Å². The van der Waals surface area contributed by atoms with Gasteiger partial charge in [0.1, 0.15) is 0 Å². The van der Waals surface area contributed by atoms with Crippen molar-refractivity contribution in [3.63, 3.8) is 0 Å². The lowest BCUT2D eigenvalue weighted by atomic mass is 9.53. The molecule has 4 N–H and O–H groups in total. The van der Waals surface area contributed by atoms with E-state index in [-0.39, 0.29) is 17.8 Å². The lowest BCUT2D eigenvalue weighted by Gasteiger charge is -2.57. The summed E-state index contributed by atoms with van der Waals surface area (Å²) in [6.07, 6.45) is 9.95. The van der Waals surface area contributed by atoms with Crippen LogP contribution in [0, 0.1) is 29.6 Å². The van der Waals surface area contributed by atoms with Crippen molar-refractivity contribution in [3.8, 4) is 0 Å². The molecule has 5 aliphatic carbocycles. The number of guanidine groups is 1. The quantitative estimate of drug-likeness (QED) is 0.442. The molecule has 26 heavy (non-hydrogen) atoms. The van der Waals surface area contributed by atoms with Gasteiger partial charge in [0, 0.05) is 31.1 Å².